The summed E-state index contributed by atoms with van der Waals surface area (Å²) in [5, 5.41) is 3.31. The molecule has 8 heteroatoms. The van der Waals surface area contributed by atoms with Crippen LogP contribution >= 0.6 is 11.3 Å². The monoisotopic (exact) mass is 353 g/mol. The topological polar surface area (TPSA) is 79.4 Å². The minimum absolute atomic E-state index is 0.303. The highest BCUT2D eigenvalue weighted by Gasteiger charge is 2.36. The van der Waals surface area contributed by atoms with Crippen molar-refractivity contribution in [3.63, 3.8) is 0 Å². The van der Waals surface area contributed by atoms with E-state index in [0.717, 1.165) is 27.6 Å². The molecule has 1 fully saturated rings. The number of aromatic nitrogens is 1. The van der Waals surface area contributed by atoms with Gasteiger partial charge in [0, 0.05) is 6.54 Å². The van der Waals surface area contributed by atoms with Crippen molar-refractivity contribution in [2.45, 2.75) is 32.7 Å². The van der Waals surface area contributed by atoms with Crippen LogP contribution in [0.2, 0.25) is 0 Å². The summed E-state index contributed by atoms with van der Waals surface area (Å²) in [5.74, 6) is -0.303. The van der Waals surface area contributed by atoms with Crippen molar-refractivity contribution < 1.29 is 13.2 Å². The summed E-state index contributed by atoms with van der Waals surface area (Å²) < 4.78 is 25.8. The fourth-order valence-electron chi connectivity index (χ4n) is 2.90. The molecule has 1 unspecified atom stereocenters. The van der Waals surface area contributed by atoms with Gasteiger partial charge in [0.25, 0.3) is 0 Å². The highest BCUT2D eigenvalue weighted by molar-refractivity contribution is 7.88. The number of hydrogen-bond donors (Lipinski definition) is 1. The van der Waals surface area contributed by atoms with Gasteiger partial charge in [-0.3, -0.25) is 4.79 Å². The van der Waals surface area contributed by atoms with Crippen molar-refractivity contribution in [2.75, 3.05) is 18.1 Å². The largest absolute Gasteiger partial charge is 0.301 e. The van der Waals surface area contributed by atoms with E-state index in [9.17, 15) is 13.2 Å². The predicted molar refractivity (Wildman–Crippen MR) is 92.3 cm³/mol. The summed E-state index contributed by atoms with van der Waals surface area (Å²) >= 11 is 1.42. The van der Waals surface area contributed by atoms with Gasteiger partial charge in [0.15, 0.2) is 5.13 Å². The Labute approximate surface area is 139 Å². The second-order valence-electron chi connectivity index (χ2n) is 5.92. The first kappa shape index (κ1) is 16.4. The fourth-order valence-corrected chi connectivity index (χ4v) is 5.04. The molecule has 0 aliphatic carbocycles. The summed E-state index contributed by atoms with van der Waals surface area (Å²) in [7, 11) is -3.37. The Morgan fingerprint density at radius 1 is 1.35 bits per heavy atom. The molecule has 124 valence electrons. The number of nitrogens with zero attached hydrogens (tertiary/aromatic N) is 2. The first-order valence-electron chi connectivity index (χ1n) is 7.42. The molecule has 0 saturated carbocycles. The lowest BCUT2D eigenvalue weighted by Gasteiger charge is -2.20. The third-order valence-corrected chi connectivity index (χ3v) is 6.50. The minimum Gasteiger partial charge on any atom is -0.301 e. The lowest BCUT2D eigenvalue weighted by Crippen LogP contribution is -2.42. The van der Waals surface area contributed by atoms with Gasteiger partial charge in [-0.15, -0.1) is 0 Å². The van der Waals surface area contributed by atoms with Crippen LogP contribution in [0.25, 0.3) is 10.2 Å². The van der Waals surface area contributed by atoms with Crippen molar-refractivity contribution in [1.82, 2.24) is 9.29 Å². The van der Waals surface area contributed by atoms with E-state index in [1.54, 1.807) is 0 Å². The molecule has 0 spiro atoms. The number of rotatable bonds is 3. The summed E-state index contributed by atoms with van der Waals surface area (Å²) in [5.41, 5.74) is 3.06. The van der Waals surface area contributed by atoms with E-state index in [2.05, 4.69) is 10.3 Å². The maximum Gasteiger partial charge on any atom is 0.244 e. The molecule has 6 nitrogen and oxygen atoms in total. The van der Waals surface area contributed by atoms with Gasteiger partial charge >= 0.3 is 0 Å². The molecule has 23 heavy (non-hydrogen) atoms. The molecule has 1 aliphatic heterocycles. The average molecular weight is 353 g/mol. The number of anilines is 1. The summed E-state index contributed by atoms with van der Waals surface area (Å²) in [6.45, 7) is 4.39. The van der Waals surface area contributed by atoms with E-state index in [1.165, 1.54) is 15.6 Å². The van der Waals surface area contributed by atoms with Crippen LogP contribution in [0.15, 0.2) is 12.1 Å². The fraction of sp³-hybridized carbons (Fsp3) is 0.467. The molecule has 1 atom stereocenters. The minimum atomic E-state index is -3.37. The van der Waals surface area contributed by atoms with Crippen LogP contribution in [0.4, 0.5) is 5.13 Å². The maximum absolute atomic E-state index is 12.5. The molecular weight excluding hydrogens is 334 g/mol. The Bertz CT molecular complexity index is 834. The third kappa shape index (κ3) is 3.11. The first-order valence-corrected chi connectivity index (χ1v) is 10.1. The number of aryl methyl sites for hydroxylation is 2. The highest BCUT2D eigenvalue weighted by Crippen LogP contribution is 2.31. The number of amides is 1. The number of sulfonamides is 1. The molecule has 1 aromatic carbocycles. The quantitative estimate of drug-likeness (QED) is 0.918. The van der Waals surface area contributed by atoms with Gasteiger partial charge in [-0.1, -0.05) is 23.5 Å². The van der Waals surface area contributed by atoms with Crippen LogP contribution in [-0.4, -0.2) is 42.5 Å². The van der Waals surface area contributed by atoms with Crippen molar-refractivity contribution in [1.29, 1.82) is 0 Å². The molecule has 0 radical (unpaired) electrons. The number of benzene rings is 1. The molecular formula is C15H19N3O3S2. The Morgan fingerprint density at radius 3 is 2.70 bits per heavy atom. The second-order valence-corrected chi connectivity index (χ2v) is 8.85. The van der Waals surface area contributed by atoms with E-state index in [4.69, 9.17) is 0 Å². The number of hydrogen-bond acceptors (Lipinski definition) is 5. The Kier molecular flexibility index (Phi) is 4.16. The number of thiazole rings is 1. The first-order chi connectivity index (χ1) is 10.8. The normalized spacial score (nSPS) is 19.3. The van der Waals surface area contributed by atoms with Gasteiger partial charge in [0.1, 0.15) is 6.04 Å². The van der Waals surface area contributed by atoms with Crippen molar-refractivity contribution in [3.8, 4) is 0 Å². The Hall–Kier alpha value is -1.51. The number of nitrogens with one attached hydrogen (secondary N) is 1. The molecule has 3 rings (SSSR count). The van der Waals surface area contributed by atoms with Gasteiger partial charge in [-0.05, 0) is 37.8 Å². The van der Waals surface area contributed by atoms with Gasteiger partial charge < -0.3 is 5.32 Å². The van der Waals surface area contributed by atoms with Crippen LogP contribution in [0, 0.1) is 13.8 Å². The summed E-state index contributed by atoms with van der Waals surface area (Å²) in [6, 6.07) is 3.40. The van der Waals surface area contributed by atoms with Crippen LogP contribution in [0.1, 0.15) is 24.0 Å². The standard InChI is InChI=1S/C15H19N3O3S2/c1-9-6-7-10(2)13-12(9)16-15(22-13)17-14(19)11-5-4-8-18(11)23(3,20)21/h6-7,11H,4-5,8H2,1-3H3,(H,16,17,19). The molecule has 0 bridgehead atoms. The lowest BCUT2D eigenvalue weighted by molar-refractivity contribution is -0.119. The van der Waals surface area contributed by atoms with Crippen molar-refractivity contribution in [2.24, 2.45) is 0 Å². The lowest BCUT2D eigenvalue weighted by atomic mass is 10.1. The zero-order valence-electron chi connectivity index (χ0n) is 13.3. The Morgan fingerprint density at radius 2 is 2.04 bits per heavy atom. The Balaban J connectivity index is 1.86. The third-order valence-electron chi connectivity index (χ3n) is 4.10. The van der Waals surface area contributed by atoms with Gasteiger partial charge in [0.2, 0.25) is 15.9 Å². The van der Waals surface area contributed by atoms with Crippen molar-refractivity contribution in [3.05, 3.63) is 23.3 Å². The smallest absolute Gasteiger partial charge is 0.244 e. The average Bonchev–Trinajstić information content (AvgIpc) is 3.09. The second kappa shape index (κ2) is 5.85. The zero-order valence-corrected chi connectivity index (χ0v) is 14.9. The van der Waals surface area contributed by atoms with Crippen molar-refractivity contribution >= 4 is 42.6 Å². The van der Waals surface area contributed by atoms with Crippen LogP contribution in [0.5, 0.6) is 0 Å². The molecule has 1 aliphatic rings. The van der Waals surface area contributed by atoms with E-state index in [1.807, 2.05) is 26.0 Å². The van der Waals surface area contributed by atoms with Gasteiger partial charge in [-0.25, -0.2) is 13.4 Å². The van der Waals surface area contributed by atoms with E-state index in [0.29, 0.717) is 24.5 Å². The van der Waals surface area contributed by atoms with Crippen LogP contribution in [0.3, 0.4) is 0 Å². The zero-order chi connectivity index (χ0) is 16.8. The van der Waals surface area contributed by atoms with Crippen LogP contribution < -0.4 is 5.32 Å². The summed E-state index contributed by atoms with van der Waals surface area (Å²) in [4.78, 5) is 17.0. The molecule has 2 aromatic rings. The molecule has 1 N–H and O–H groups in total. The molecule has 1 aromatic heterocycles. The maximum atomic E-state index is 12.5. The predicted octanol–water partition coefficient (Wildman–Crippen LogP) is 2.28. The number of carbonyl (C=O) groups is 1. The SMILES string of the molecule is Cc1ccc(C)c2sc(NC(=O)C3CCCN3S(C)(=O)=O)nc12. The van der Waals surface area contributed by atoms with E-state index < -0.39 is 16.1 Å². The highest BCUT2D eigenvalue weighted by atomic mass is 32.2. The molecule has 1 amide bonds. The van der Waals surface area contributed by atoms with E-state index >= 15 is 0 Å². The summed E-state index contributed by atoms with van der Waals surface area (Å²) in [6.07, 6.45) is 2.38. The van der Waals surface area contributed by atoms with Gasteiger partial charge in [0.05, 0.1) is 16.5 Å². The number of fused-ring (bicyclic) bond motifs is 1. The van der Waals surface area contributed by atoms with E-state index in [-0.39, 0.29) is 5.91 Å². The molecule has 1 saturated heterocycles. The van der Waals surface area contributed by atoms with Crippen LogP contribution in [-0.2, 0) is 14.8 Å². The number of carbonyl (C=O) groups excluding carboxylic acids is 1. The van der Waals surface area contributed by atoms with Gasteiger partial charge in [-0.2, -0.15) is 4.31 Å². The molecule has 2 heterocycles.